The summed E-state index contributed by atoms with van der Waals surface area (Å²) in [5.74, 6) is 1.71. The van der Waals surface area contributed by atoms with E-state index in [0.29, 0.717) is 6.04 Å². The fourth-order valence-electron chi connectivity index (χ4n) is 1.83. The summed E-state index contributed by atoms with van der Waals surface area (Å²) in [6.45, 7) is 5.81. The Hall–Kier alpha value is -1.36. The molecule has 5 nitrogen and oxygen atoms in total. The van der Waals surface area contributed by atoms with Crippen LogP contribution >= 0.6 is 0 Å². The third-order valence-corrected chi connectivity index (χ3v) is 2.73. The summed E-state index contributed by atoms with van der Waals surface area (Å²) in [7, 11) is 0. The van der Waals surface area contributed by atoms with Crippen LogP contribution in [0.25, 0.3) is 0 Å². The molecule has 2 N–H and O–H groups in total. The average molecular weight is 222 g/mol. The summed E-state index contributed by atoms with van der Waals surface area (Å²) in [5.41, 5.74) is 0. The van der Waals surface area contributed by atoms with Crippen LogP contribution in [0, 0.1) is 0 Å². The van der Waals surface area contributed by atoms with Gasteiger partial charge in [0.25, 0.3) is 0 Å². The lowest BCUT2D eigenvalue weighted by Gasteiger charge is -2.16. The molecule has 1 fully saturated rings. The number of anilines is 2. The van der Waals surface area contributed by atoms with Crippen molar-refractivity contribution in [2.75, 3.05) is 23.8 Å². The number of aromatic nitrogens is 2. The molecule has 2 unspecified atom stereocenters. The lowest BCUT2D eigenvalue weighted by atomic mass is 10.1. The van der Waals surface area contributed by atoms with Crippen LogP contribution in [-0.2, 0) is 4.74 Å². The molecule has 1 saturated heterocycles. The molecule has 2 rings (SSSR count). The highest BCUT2D eigenvalue weighted by atomic mass is 16.5. The second-order valence-corrected chi connectivity index (χ2v) is 3.93. The molecule has 1 aromatic rings. The van der Waals surface area contributed by atoms with Crippen LogP contribution in [0.2, 0.25) is 0 Å². The minimum atomic E-state index is 0.248. The van der Waals surface area contributed by atoms with Gasteiger partial charge in [0.1, 0.15) is 18.0 Å². The van der Waals surface area contributed by atoms with Crippen LogP contribution in [0.15, 0.2) is 12.4 Å². The van der Waals surface area contributed by atoms with Crippen molar-refractivity contribution in [1.82, 2.24) is 9.97 Å². The second-order valence-electron chi connectivity index (χ2n) is 3.93. The van der Waals surface area contributed by atoms with E-state index in [1.54, 1.807) is 6.33 Å². The second kappa shape index (κ2) is 5.12. The van der Waals surface area contributed by atoms with Crippen LogP contribution in [-0.4, -0.2) is 35.3 Å². The molecule has 0 aromatic carbocycles. The van der Waals surface area contributed by atoms with E-state index in [4.69, 9.17) is 4.74 Å². The van der Waals surface area contributed by atoms with E-state index in [1.807, 2.05) is 13.0 Å². The van der Waals surface area contributed by atoms with Gasteiger partial charge in [0.2, 0.25) is 0 Å². The van der Waals surface area contributed by atoms with Crippen molar-refractivity contribution in [3.8, 4) is 0 Å². The molecule has 2 heterocycles. The summed E-state index contributed by atoms with van der Waals surface area (Å²) in [5, 5.41) is 6.53. The van der Waals surface area contributed by atoms with Gasteiger partial charge in [0, 0.05) is 19.2 Å². The summed E-state index contributed by atoms with van der Waals surface area (Å²) in [6, 6.07) is 2.28. The standard InChI is InChI=1S/C11H18N4O/c1-3-12-10-6-11(14-7-13-10)15-9-4-5-16-8(9)2/h6-9H,3-5H2,1-2H3,(H2,12,13,14,15). The SMILES string of the molecule is CCNc1cc(NC2CCOC2C)ncn1. The number of hydrogen-bond donors (Lipinski definition) is 2. The van der Waals surface area contributed by atoms with Gasteiger partial charge in [-0.1, -0.05) is 0 Å². The van der Waals surface area contributed by atoms with Crippen molar-refractivity contribution in [2.45, 2.75) is 32.4 Å². The van der Waals surface area contributed by atoms with Crippen LogP contribution < -0.4 is 10.6 Å². The van der Waals surface area contributed by atoms with Gasteiger partial charge in [-0.05, 0) is 20.3 Å². The summed E-state index contributed by atoms with van der Waals surface area (Å²) >= 11 is 0. The van der Waals surface area contributed by atoms with Crippen LogP contribution in [0.5, 0.6) is 0 Å². The highest BCUT2D eigenvalue weighted by molar-refractivity contribution is 5.47. The van der Waals surface area contributed by atoms with E-state index in [-0.39, 0.29) is 6.10 Å². The Morgan fingerprint density at radius 2 is 2.25 bits per heavy atom. The summed E-state index contributed by atoms with van der Waals surface area (Å²) < 4.78 is 5.49. The van der Waals surface area contributed by atoms with Gasteiger partial charge in [0.05, 0.1) is 12.1 Å². The lowest BCUT2D eigenvalue weighted by Crippen LogP contribution is -2.27. The van der Waals surface area contributed by atoms with E-state index >= 15 is 0 Å². The fourth-order valence-corrected chi connectivity index (χ4v) is 1.83. The van der Waals surface area contributed by atoms with Crippen molar-refractivity contribution in [2.24, 2.45) is 0 Å². The van der Waals surface area contributed by atoms with Crippen molar-refractivity contribution >= 4 is 11.6 Å². The van der Waals surface area contributed by atoms with E-state index in [2.05, 4.69) is 27.5 Å². The molecule has 16 heavy (non-hydrogen) atoms. The molecule has 2 atom stereocenters. The van der Waals surface area contributed by atoms with Crippen LogP contribution in [0.1, 0.15) is 20.3 Å². The largest absolute Gasteiger partial charge is 0.376 e. The summed E-state index contributed by atoms with van der Waals surface area (Å²) in [6.07, 6.45) is 2.85. The van der Waals surface area contributed by atoms with Gasteiger partial charge in [-0.25, -0.2) is 9.97 Å². The number of ether oxygens (including phenoxy) is 1. The molecule has 0 radical (unpaired) electrons. The molecule has 1 aliphatic rings. The first-order chi connectivity index (χ1) is 7.79. The topological polar surface area (TPSA) is 59.1 Å². The number of nitrogens with zero attached hydrogens (tertiary/aromatic N) is 2. The Morgan fingerprint density at radius 1 is 1.44 bits per heavy atom. The zero-order chi connectivity index (χ0) is 11.4. The summed E-state index contributed by atoms with van der Waals surface area (Å²) in [4.78, 5) is 8.33. The normalized spacial score (nSPS) is 24.4. The van der Waals surface area contributed by atoms with Crippen molar-refractivity contribution < 1.29 is 4.74 Å². The van der Waals surface area contributed by atoms with E-state index < -0.39 is 0 Å². The van der Waals surface area contributed by atoms with Gasteiger partial charge < -0.3 is 15.4 Å². The van der Waals surface area contributed by atoms with Gasteiger partial charge in [-0.2, -0.15) is 0 Å². The molecule has 1 aromatic heterocycles. The van der Waals surface area contributed by atoms with Gasteiger partial charge in [-0.15, -0.1) is 0 Å². The molecule has 1 aliphatic heterocycles. The first kappa shape index (κ1) is 11.1. The molecule has 0 amide bonds. The number of nitrogens with one attached hydrogen (secondary N) is 2. The maximum Gasteiger partial charge on any atom is 0.131 e. The van der Waals surface area contributed by atoms with Crippen molar-refractivity contribution in [3.05, 3.63) is 12.4 Å². The predicted molar refractivity (Wildman–Crippen MR) is 63.6 cm³/mol. The number of hydrogen-bond acceptors (Lipinski definition) is 5. The zero-order valence-corrected chi connectivity index (χ0v) is 9.73. The van der Waals surface area contributed by atoms with Crippen molar-refractivity contribution in [1.29, 1.82) is 0 Å². The van der Waals surface area contributed by atoms with E-state index in [9.17, 15) is 0 Å². The minimum Gasteiger partial charge on any atom is -0.376 e. The smallest absolute Gasteiger partial charge is 0.131 e. The van der Waals surface area contributed by atoms with Gasteiger partial charge in [-0.3, -0.25) is 0 Å². The Morgan fingerprint density at radius 3 is 2.94 bits per heavy atom. The van der Waals surface area contributed by atoms with E-state index in [1.165, 1.54) is 0 Å². The molecular weight excluding hydrogens is 204 g/mol. The fraction of sp³-hybridized carbons (Fsp3) is 0.636. The molecule has 0 spiro atoms. The van der Waals surface area contributed by atoms with Crippen molar-refractivity contribution in [3.63, 3.8) is 0 Å². The maximum absolute atomic E-state index is 5.49. The monoisotopic (exact) mass is 222 g/mol. The maximum atomic E-state index is 5.49. The first-order valence-corrected chi connectivity index (χ1v) is 5.73. The lowest BCUT2D eigenvalue weighted by molar-refractivity contribution is 0.121. The Kier molecular flexibility index (Phi) is 3.56. The predicted octanol–water partition coefficient (Wildman–Crippen LogP) is 1.50. The van der Waals surface area contributed by atoms with E-state index in [0.717, 1.165) is 31.2 Å². The molecular formula is C11H18N4O. The molecule has 0 saturated carbocycles. The average Bonchev–Trinajstić information content (AvgIpc) is 2.66. The van der Waals surface area contributed by atoms with Gasteiger partial charge in [0.15, 0.2) is 0 Å². The first-order valence-electron chi connectivity index (χ1n) is 5.73. The quantitative estimate of drug-likeness (QED) is 0.808. The van der Waals surface area contributed by atoms with Gasteiger partial charge >= 0.3 is 0 Å². The zero-order valence-electron chi connectivity index (χ0n) is 9.73. The highest BCUT2D eigenvalue weighted by Gasteiger charge is 2.24. The Balaban J connectivity index is 2.00. The van der Waals surface area contributed by atoms with Crippen LogP contribution in [0.4, 0.5) is 11.6 Å². The molecule has 0 bridgehead atoms. The minimum absolute atomic E-state index is 0.248. The third kappa shape index (κ3) is 2.61. The molecule has 5 heteroatoms. The Labute approximate surface area is 95.6 Å². The Bertz CT molecular complexity index is 345. The third-order valence-electron chi connectivity index (χ3n) is 2.73. The molecule has 88 valence electrons. The number of rotatable bonds is 4. The molecule has 0 aliphatic carbocycles. The highest BCUT2D eigenvalue weighted by Crippen LogP contribution is 2.18. The van der Waals surface area contributed by atoms with Crippen LogP contribution in [0.3, 0.4) is 0 Å².